The second kappa shape index (κ2) is 19.6. The molecule has 1 aromatic carbocycles. The normalized spacial score (nSPS) is 23.9. The molecule has 3 amide bonds. The number of methoxy groups -OCH3 is 1. The van der Waals surface area contributed by atoms with E-state index in [9.17, 15) is 24.3 Å². The molecule has 61 heavy (non-hydrogen) atoms. The second-order valence-electron chi connectivity index (χ2n) is 19.2. The van der Waals surface area contributed by atoms with Gasteiger partial charge in [0.05, 0.1) is 19.0 Å². The number of anilines is 4. The van der Waals surface area contributed by atoms with E-state index in [2.05, 4.69) is 51.5 Å². The van der Waals surface area contributed by atoms with Crippen molar-refractivity contribution in [1.29, 1.82) is 0 Å². The summed E-state index contributed by atoms with van der Waals surface area (Å²) in [5, 5.41) is 19.5. The van der Waals surface area contributed by atoms with Crippen molar-refractivity contribution < 1.29 is 33.8 Å². The molecule has 2 aliphatic heterocycles. The number of aromatic nitrogens is 2. The number of carbonyl (C=O) groups excluding carboxylic acids is 3. The van der Waals surface area contributed by atoms with Crippen molar-refractivity contribution in [1.82, 2.24) is 25.5 Å². The fourth-order valence-electron chi connectivity index (χ4n) is 10.4. The van der Waals surface area contributed by atoms with Crippen LogP contribution in [-0.4, -0.2) is 107 Å². The van der Waals surface area contributed by atoms with Gasteiger partial charge in [-0.1, -0.05) is 47.0 Å². The Kier molecular flexibility index (Phi) is 14.7. The Labute approximate surface area is 362 Å². The zero-order chi connectivity index (χ0) is 44.2. The number of carbonyl (C=O) groups is 4. The van der Waals surface area contributed by atoms with Crippen LogP contribution in [0.5, 0.6) is 5.75 Å². The number of fused-ring (bicyclic) bond motifs is 1. The number of nitrogens with one attached hydrogen (secondary N) is 3. The van der Waals surface area contributed by atoms with Gasteiger partial charge < -0.3 is 40.3 Å². The summed E-state index contributed by atoms with van der Waals surface area (Å²) in [6.45, 7) is 15.5. The molecule has 4 N–H and O–H groups in total. The van der Waals surface area contributed by atoms with Crippen LogP contribution in [0.4, 0.5) is 27.9 Å². The highest BCUT2D eigenvalue weighted by molar-refractivity contribution is 6.04. The minimum Gasteiger partial charge on any atom is -0.495 e. The van der Waals surface area contributed by atoms with E-state index >= 15 is 0 Å². The second-order valence-corrected chi connectivity index (χ2v) is 19.2. The predicted molar refractivity (Wildman–Crippen MR) is 237 cm³/mol. The monoisotopic (exact) mass is 847 g/mol. The number of carboxylic acids is 1. The van der Waals surface area contributed by atoms with Crippen LogP contribution in [0.25, 0.3) is 0 Å². The number of ether oxygens (including phenoxy) is 2. The fourth-order valence-corrected chi connectivity index (χ4v) is 10.4. The zero-order valence-corrected chi connectivity index (χ0v) is 37.8. The number of hydrogen-bond acceptors (Lipinski definition) is 11. The van der Waals surface area contributed by atoms with Gasteiger partial charge in [0.2, 0.25) is 11.9 Å². The molecule has 15 heteroatoms. The Morgan fingerprint density at radius 2 is 1.72 bits per heavy atom. The van der Waals surface area contributed by atoms with Crippen molar-refractivity contribution in [2.75, 3.05) is 42.4 Å². The largest absolute Gasteiger partial charge is 0.495 e. The van der Waals surface area contributed by atoms with Gasteiger partial charge in [-0.15, -0.1) is 0 Å². The molecule has 0 bridgehead atoms. The first-order valence-corrected chi connectivity index (χ1v) is 22.6. The Hall–Kier alpha value is -4.66. The van der Waals surface area contributed by atoms with Crippen molar-refractivity contribution in [3.63, 3.8) is 0 Å². The molecule has 2 aliphatic carbocycles. The minimum atomic E-state index is -1.10. The van der Waals surface area contributed by atoms with Gasteiger partial charge in [0.25, 0.3) is 5.91 Å². The summed E-state index contributed by atoms with van der Waals surface area (Å²) in [5.41, 5.74) is 1.01. The molecule has 2 aromatic rings. The summed E-state index contributed by atoms with van der Waals surface area (Å²) in [7, 11) is 3.34. The summed E-state index contributed by atoms with van der Waals surface area (Å²) < 4.78 is 11.2. The number of hydrogen-bond donors (Lipinski definition) is 4. The maximum atomic E-state index is 13.7. The quantitative estimate of drug-likeness (QED) is 0.149. The Morgan fingerprint density at radius 3 is 2.34 bits per heavy atom. The van der Waals surface area contributed by atoms with Crippen LogP contribution >= 0.6 is 0 Å². The summed E-state index contributed by atoms with van der Waals surface area (Å²) >= 11 is 0. The van der Waals surface area contributed by atoms with Crippen LogP contribution in [0, 0.1) is 23.7 Å². The van der Waals surface area contributed by atoms with Gasteiger partial charge in [-0.2, -0.15) is 4.98 Å². The van der Waals surface area contributed by atoms with Crippen LogP contribution in [-0.2, 0) is 14.3 Å². The molecule has 1 aromatic heterocycles. The van der Waals surface area contributed by atoms with Crippen LogP contribution in [0.3, 0.4) is 0 Å². The maximum Gasteiger partial charge on any atom is 0.408 e. The van der Waals surface area contributed by atoms with E-state index in [0.717, 1.165) is 50.8 Å². The van der Waals surface area contributed by atoms with E-state index in [1.54, 1.807) is 64.2 Å². The Balaban J connectivity index is 1.13. The van der Waals surface area contributed by atoms with Gasteiger partial charge in [0.15, 0.2) is 5.82 Å². The molecule has 6 rings (SSSR count). The molecule has 2 saturated carbocycles. The van der Waals surface area contributed by atoms with Crippen molar-refractivity contribution in [3.8, 4) is 5.75 Å². The molecule has 3 heterocycles. The van der Waals surface area contributed by atoms with Crippen molar-refractivity contribution in [3.05, 3.63) is 30.0 Å². The average Bonchev–Trinajstić information content (AvgIpc) is 3.75. The summed E-state index contributed by atoms with van der Waals surface area (Å²) in [5.74, 6) is 2.05. The van der Waals surface area contributed by atoms with E-state index in [1.165, 1.54) is 0 Å². The van der Waals surface area contributed by atoms with Gasteiger partial charge in [-0.05, 0) is 114 Å². The Morgan fingerprint density at radius 1 is 1.02 bits per heavy atom. The van der Waals surface area contributed by atoms with Crippen molar-refractivity contribution >= 4 is 47.0 Å². The fraction of sp³-hybridized carbons (Fsp3) is 0.696. The molecule has 1 unspecified atom stereocenters. The molecule has 0 radical (unpaired) electrons. The topological polar surface area (TPSA) is 179 Å². The third-order valence-electron chi connectivity index (χ3n) is 13.5. The zero-order valence-electron chi connectivity index (χ0n) is 37.8. The van der Waals surface area contributed by atoms with E-state index < -0.39 is 23.7 Å². The molecule has 4 aliphatic rings. The lowest BCUT2D eigenvalue weighted by Gasteiger charge is -2.48. The molecule has 0 spiro atoms. The molecule has 15 nitrogen and oxygen atoms in total. The van der Waals surface area contributed by atoms with Gasteiger partial charge in [0.1, 0.15) is 29.1 Å². The first kappa shape index (κ1) is 45.9. The van der Waals surface area contributed by atoms with Crippen molar-refractivity contribution in [2.45, 2.75) is 155 Å². The molecule has 336 valence electrons. The van der Waals surface area contributed by atoms with E-state index in [1.807, 2.05) is 6.92 Å². The standard InChI is InChI=1S/C46H70N8O7/c1-10-36-42(56)52(8)38-26-47-44(51-40(38)54(36)31-13-11-12-14-31)49-34-18-16-29(24-39(34)60-9)41(55)48-30-19-21-53(22-20-30)37(33-23-28(4)15-17-32(33)27(2)3)25-35(43(57)58)50-45(59)61-46(5,6)7/h16,18,24,26-28,30-33,35-37H,10-15,17,19-23,25H2,1-9H3,(H,48,55)(H,50,59)(H,57,58)(H,47,49,51)/t28-,32+,33-,35+,36-,37?/m1/s1. The number of benzene rings is 1. The number of piperidine rings is 1. The number of alkyl carbamates (subject to hydrolysis) is 1. The number of amides is 3. The number of carboxylic acid groups (broad SMARTS) is 1. The van der Waals surface area contributed by atoms with Gasteiger partial charge in [-0.3, -0.25) is 14.5 Å². The lowest BCUT2D eigenvalue weighted by Crippen LogP contribution is -2.55. The third kappa shape index (κ3) is 10.9. The minimum absolute atomic E-state index is 0.0592. The van der Waals surface area contributed by atoms with E-state index in [0.29, 0.717) is 78.7 Å². The summed E-state index contributed by atoms with van der Waals surface area (Å²) in [6, 6.07) is 4.01. The maximum absolute atomic E-state index is 13.7. The predicted octanol–water partition coefficient (Wildman–Crippen LogP) is 7.37. The number of aliphatic carboxylic acids is 1. The van der Waals surface area contributed by atoms with Crippen LogP contribution < -0.4 is 30.5 Å². The molecular weight excluding hydrogens is 777 g/mol. The highest BCUT2D eigenvalue weighted by Crippen LogP contribution is 2.44. The number of nitrogens with zero attached hydrogens (tertiary/aromatic N) is 5. The molecule has 6 atom stereocenters. The van der Waals surface area contributed by atoms with Crippen molar-refractivity contribution in [2.24, 2.45) is 23.7 Å². The summed E-state index contributed by atoms with van der Waals surface area (Å²) in [6.07, 6.45) is 10.9. The first-order chi connectivity index (χ1) is 29.0. The molecule has 1 saturated heterocycles. The summed E-state index contributed by atoms with van der Waals surface area (Å²) in [4.78, 5) is 68.3. The first-order valence-electron chi connectivity index (χ1n) is 22.6. The number of likely N-dealkylation sites (tertiary alicyclic amines) is 1. The van der Waals surface area contributed by atoms with Gasteiger partial charge >= 0.3 is 12.1 Å². The lowest BCUT2D eigenvalue weighted by molar-refractivity contribution is -0.140. The van der Waals surface area contributed by atoms with E-state index in [4.69, 9.17) is 14.5 Å². The number of likely N-dealkylation sites (N-methyl/N-ethyl adjacent to an activating group) is 1. The highest BCUT2D eigenvalue weighted by Gasteiger charge is 2.43. The van der Waals surface area contributed by atoms with E-state index in [-0.39, 0.29) is 48.3 Å². The SMILES string of the molecule is CC[C@@H]1C(=O)N(C)c2cnc(Nc3ccc(C(=O)NC4CCN(C(C[C@H](NC(=O)OC(C)(C)C)C(=O)O)[C@@H]5C[C@H](C)CC[C@H]5C(C)C)CC4)cc3OC)nc2N1C1CCCC1. The lowest BCUT2D eigenvalue weighted by atomic mass is 9.66. The number of rotatable bonds is 14. The van der Waals surface area contributed by atoms with Crippen LogP contribution in [0.15, 0.2) is 24.4 Å². The Bertz CT molecular complexity index is 1870. The van der Waals surface area contributed by atoms with Crippen LogP contribution in [0.2, 0.25) is 0 Å². The van der Waals surface area contributed by atoms with Crippen LogP contribution in [0.1, 0.15) is 129 Å². The smallest absolute Gasteiger partial charge is 0.408 e. The van der Waals surface area contributed by atoms with Gasteiger partial charge in [0, 0.05) is 43.8 Å². The third-order valence-corrected chi connectivity index (χ3v) is 13.5. The van der Waals surface area contributed by atoms with Gasteiger partial charge in [-0.25, -0.2) is 14.6 Å². The average molecular weight is 847 g/mol. The molecule has 3 fully saturated rings. The molecular formula is C46H70N8O7. The highest BCUT2D eigenvalue weighted by atomic mass is 16.6.